The third-order valence-electron chi connectivity index (χ3n) is 5.56. The van der Waals surface area contributed by atoms with Crippen LogP contribution < -0.4 is 10.1 Å². The van der Waals surface area contributed by atoms with Gasteiger partial charge in [-0.1, -0.05) is 59.8 Å². The largest absolute Gasteiger partial charge is 0.481 e. The van der Waals surface area contributed by atoms with Gasteiger partial charge < -0.3 is 14.8 Å². The van der Waals surface area contributed by atoms with Crippen LogP contribution in [0.25, 0.3) is 11.1 Å². The molecule has 2 aromatic carbocycles. The van der Waals surface area contributed by atoms with Crippen LogP contribution in [0.1, 0.15) is 36.1 Å². The minimum atomic E-state index is -0.576. The fourth-order valence-electron chi connectivity index (χ4n) is 3.80. The number of nitrogens with zero attached hydrogens (tertiary/aromatic N) is 3. The van der Waals surface area contributed by atoms with Crippen molar-refractivity contribution in [1.82, 2.24) is 14.8 Å². The van der Waals surface area contributed by atoms with Crippen molar-refractivity contribution in [2.45, 2.75) is 31.7 Å². The van der Waals surface area contributed by atoms with Crippen molar-refractivity contribution in [2.75, 3.05) is 17.7 Å². The van der Waals surface area contributed by atoms with E-state index < -0.39 is 17.9 Å². The normalized spacial score (nSPS) is 11.6. The van der Waals surface area contributed by atoms with Crippen LogP contribution >= 0.6 is 34.7 Å². The predicted octanol–water partition coefficient (Wildman–Crippen LogP) is 7.03. The lowest BCUT2D eigenvalue weighted by molar-refractivity contribution is -0.113. The van der Waals surface area contributed by atoms with Gasteiger partial charge in [-0.2, -0.15) is 0 Å². The average molecular weight is 601 g/mol. The molecule has 4 aromatic rings. The van der Waals surface area contributed by atoms with E-state index in [1.54, 1.807) is 24.5 Å². The maximum Gasteiger partial charge on any atom is 0.341 e. The molecule has 0 radical (unpaired) electrons. The molecule has 0 saturated carbocycles. The molecule has 1 amide bonds. The van der Waals surface area contributed by atoms with Gasteiger partial charge in [-0.25, -0.2) is 9.18 Å². The summed E-state index contributed by atoms with van der Waals surface area (Å²) in [6.07, 6.45) is 1.10. The van der Waals surface area contributed by atoms with E-state index >= 15 is 0 Å². The molecule has 2 aromatic heterocycles. The lowest BCUT2D eigenvalue weighted by Gasteiger charge is -2.16. The van der Waals surface area contributed by atoms with Gasteiger partial charge >= 0.3 is 5.97 Å². The molecule has 0 saturated heterocycles. The van der Waals surface area contributed by atoms with E-state index in [1.807, 2.05) is 35.7 Å². The van der Waals surface area contributed by atoms with Crippen molar-refractivity contribution in [2.24, 2.45) is 0 Å². The van der Waals surface area contributed by atoms with Crippen molar-refractivity contribution in [3.63, 3.8) is 0 Å². The summed E-state index contributed by atoms with van der Waals surface area (Å²) in [5.74, 6) is -0.496. The summed E-state index contributed by atoms with van der Waals surface area (Å²) in [6, 6.07) is 13.3. The van der Waals surface area contributed by atoms with E-state index in [-0.39, 0.29) is 23.3 Å². The minimum Gasteiger partial charge on any atom is -0.481 e. The highest BCUT2D eigenvalue weighted by Crippen LogP contribution is 2.36. The molecule has 12 heteroatoms. The summed E-state index contributed by atoms with van der Waals surface area (Å²) in [5.41, 5.74) is 1.86. The Balaban J connectivity index is 1.48. The number of hydrogen-bond donors (Lipinski definition) is 1. The van der Waals surface area contributed by atoms with E-state index in [0.717, 1.165) is 5.56 Å². The Kier molecular flexibility index (Phi) is 9.97. The molecule has 1 N–H and O–H groups in total. The van der Waals surface area contributed by atoms with Crippen molar-refractivity contribution < 1.29 is 23.5 Å². The van der Waals surface area contributed by atoms with Crippen LogP contribution in [0.15, 0.2) is 71.7 Å². The summed E-state index contributed by atoms with van der Waals surface area (Å²) in [7, 11) is 0. The Morgan fingerprint density at radius 1 is 1.25 bits per heavy atom. The van der Waals surface area contributed by atoms with Gasteiger partial charge in [-0.05, 0) is 37.6 Å². The van der Waals surface area contributed by atoms with Gasteiger partial charge in [0.2, 0.25) is 5.91 Å². The number of ether oxygens (including phenoxy) is 2. The number of halogens is 2. The first-order valence-electron chi connectivity index (χ1n) is 12.2. The molecule has 0 bridgehead atoms. The highest BCUT2D eigenvalue weighted by Gasteiger charge is 2.24. The van der Waals surface area contributed by atoms with Crippen LogP contribution in [0.4, 0.5) is 9.39 Å². The first-order valence-corrected chi connectivity index (χ1v) is 14.5. The van der Waals surface area contributed by atoms with Crippen LogP contribution in [0, 0.1) is 5.82 Å². The molecular formula is C28H26ClFN4O4S2. The smallest absolute Gasteiger partial charge is 0.341 e. The number of thiophene rings is 1. The van der Waals surface area contributed by atoms with Crippen molar-refractivity contribution >= 4 is 51.6 Å². The van der Waals surface area contributed by atoms with Gasteiger partial charge in [0, 0.05) is 17.5 Å². The van der Waals surface area contributed by atoms with E-state index in [9.17, 15) is 14.0 Å². The number of thioether (sulfide) groups is 1. The Morgan fingerprint density at radius 3 is 2.73 bits per heavy atom. The summed E-state index contributed by atoms with van der Waals surface area (Å²) in [6.45, 7) is 7.87. The zero-order valence-corrected chi connectivity index (χ0v) is 24.1. The molecule has 208 valence electrons. The quantitative estimate of drug-likeness (QED) is 0.106. The average Bonchev–Trinajstić information content (AvgIpc) is 3.54. The second-order valence-electron chi connectivity index (χ2n) is 8.35. The molecule has 40 heavy (non-hydrogen) atoms. The van der Waals surface area contributed by atoms with Gasteiger partial charge in [-0.15, -0.1) is 28.1 Å². The van der Waals surface area contributed by atoms with Crippen LogP contribution in [-0.2, 0) is 16.1 Å². The van der Waals surface area contributed by atoms with Gasteiger partial charge in [0.15, 0.2) is 17.1 Å². The molecule has 0 spiro atoms. The molecule has 8 nitrogen and oxygen atoms in total. The topological polar surface area (TPSA) is 95.3 Å². The fourth-order valence-corrected chi connectivity index (χ4v) is 5.74. The third-order valence-corrected chi connectivity index (χ3v) is 7.72. The molecule has 0 aliphatic rings. The molecule has 2 heterocycles. The second-order valence-corrected chi connectivity index (χ2v) is 10.6. The van der Waals surface area contributed by atoms with Crippen molar-refractivity contribution in [3.05, 3.63) is 88.8 Å². The number of rotatable bonds is 12. The van der Waals surface area contributed by atoms with Crippen LogP contribution in [0.3, 0.4) is 0 Å². The van der Waals surface area contributed by atoms with E-state index in [1.165, 1.54) is 41.3 Å². The van der Waals surface area contributed by atoms with E-state index in [4.69, 9.17) is 21.1 Å². The zero-order valence-electron chi connectivity index (χ0n) is 21.7. The number of benzene rings is 2. The number of nitrogens with one attached hydrogen (secondary N) is 1. The van der Waals surface area contributed by atoms with Gasteiger partial charge in [0.25, 0.3) is 0 Å². The summed E-state index contributed by atoms with van der Waals surface area (Å²) < 4.78 is 26.3. The highest BCUT2D eigenvalue weighted by molar-refractivity contribution is 7.99. The summed E-state index contributed by atoms with van der Waals surface area (Å²) in [4.78, 5) is 25.7. The van der Waals surface area contributed by atoms with Crippen LogP contribution in [0.5, 0.6) is 5.75 Å². The van der Waals surface area contributed by atoms with Crippen LogP contribution in [-0.4, -0.2) is 39.0 Å². The van der Waals surface area contributed by atoms with Crippen LogP contribution in [0.2, 0.25) is 5.02 Å². The number of anilines is 1. The van der Waals surface area contributed by atoms with Gasteiger partial charge in [0.05, 0.1) is 17.4 Å². The number of hydrogen-bond acceptors (Lipinski definition) is 8. The fraction of sp³-hybridized carbons (Fsp3) is 0.214. The van der Waals surface area contributed by atoms with E-state index in [2.05, 4.69) is 22.1 Å². The zero-order chi connectivity index (χ0) is 28.6. The number of carbonyl (C=O) groups excluding carboxylic acids is 2. The Hall–Kier alpha value is -3.67. The maximum absolute atomic E-state index is 13.4. The van der Waals surface area contributed by atoms with Gasteiger partial charge in [0.1, 0.15) is 22.1 Å². The number of allylic oxidation sites excluding steroid dienone is 1. The number of carbonyl (C=O) groups is 2. The molecule has 0 aliphatic heterocycles. The SMILES string of the molecule is C=CCn1c(SCC(=O)Nc2scc(-c3ccccc3)c2C(=O)OCC)nnc1C(C)Oc1ccc(F)cc1Cl. The molecule has 1 atom stereocenters. The Morgan fingerprint density at radius 2 is 2.02 bits per heavy atom. The summed E-state index contributed by atoms with van der Waals surface area (Å²) in [5, 5.41) is 14.2. The number of amides is 1. The predicted molar refractivity (Wildman–Crippen MR) is 156 cm³/mol. The molecule has 0 aliphatic carbocycles. The molecule has 1 unspecified atom stereocenters. The first-order chi connectivity index (χ1) is 19.3. The Labute approximate surface area is 244 Å². The Bertz CT molecular complexity index is 1510. The lowest BCUT2D eigenvalue weighted by atomic mass is 10.0. The number of esters is 1. The lowest BCUT2D eigenvalue weighted by Crippen LogP contribution is -2.17. The van der Waals surface area contributed by atoms with Crippen molar-refractivity contribution in [3.8, 4) is 16.9 Å². The minimum absolute atomic E-state index is 0.00907. The van der Waals surface area contributed by atoms with Gasteiger partial charge in [-0.3, -0.25) is 9.36 Å². The number of aromatic nitrogens is 3. The van der Waals surface area contributed by atoms with E-state index in [0.29, 0.717) is 39.4 Å². The molecular weight excluding hydrogens is 575 g/mol. The first kappa shape index (κ1) is 29.3. The molecule has 4 rings (SSSR count). The third kappa shape index (κ3) is 6.90. The standard InChI is InChI=1S/C28H26ClFN4O4S2/c1-4-13-34-25(17(3)38-22-12-11-19(30)14-21(22)29)32-33-28(34)40-16-23(35)31-26-24(27(36)37-5-2)20(15-39-26)18-9-7-6-8-10-18/h4,6-12,14-15,17H,1,5,13,16H2,2-3H3,(H,31,35). The van der Waals surface area contributed by atoms with Crippen molar-refractivity contribution in [1.29, 1.82) is 0 Å². The second kappa shape index (κ2) is 13.6. The highest BCUT2D eigenvalue weighted by atomic mass is 35.5. The summed E-state index contributed by atoms with van der Waals surface area (Å²) >= 11 is 8.54. The monoisotopic (exact) mass is 600 g/mol. The molecule has 0 fully saturated rings. The maximum atomic E-state index is 13.4.